The van der Waals surface area contributed by atoms with Gasteiger partial charge in [-0.1, -0.05) is 30.3 Å². The molecule has 0 radical (unpaired) electrons. The Morgan fingerprint density at radius 3 is 2.85 bits per heavy atom. The molecular weight excluding hydrogens is 256 g/mol. The van der Waals surface area contributed by atoms with E-state index in [-0.39, 0.29) is 25.2 Å². The number of rotatable bonds is 4. The molecule has 0 saturated carbocycles. The lowest BCUT2D eigenvalue weighted by Crippen LogP contribution is -2.59. The monoisotopic (exact) mass is 278 g/mol. The number of ether oxygens (including phenoxy) is 1. The lowest BCUT2D eigenvalue weighted by molar-refractivity contribution is -0.148. The van der Waals surface area contributed by atoms with Gasteiger partial charge in [0.25, 0.3) is 0 Å². The summed E-state index contributed by atoms with van der Waals surface area (Å²) in [5, 5.41) is 10.1. The smallest absolute Gasteiger partial charge is 0.320 e. The van der Waals surface area contributed by atoms with Crippen LogP contribution in [0.3, 0.4) is 0 Å². The first-order chi connectivity index (χ1) is 9.47. The van der Waals surface area contributed by atoms with E-state index in [4.69, 9.17) is 10.5 Å². The number of hydrogen-bond donors (Lipinski definition) is 2. The molecule has 0 aromatic heterocycles. The van der Waals surface area contributed by atoms with E-state index in [0.29, 0.717) is 19.5 Å². The van der Waals surface area contributed by atoms with Crippen LogP contribution >= 0.6 is 0 Å². The highest BCUT2D eigenvalue weighted by Crippen LogP contribution is 2.19. The first-order valence-corrected chi connectivity index (χ1v) is 6.87. The highest BCUT2D eigenvalue weighted by molar-refractivity contribution is 5.71. The zero-order valence-electron chi connectivity index (χ0n) is 11.8. The summed E-state index contributed by atoms with van der Waals surface area (Å²) in [7, 11) is 0. The third kappa shape index (κ3) is 4.03. The van der Waals surface area contributed by atoms with Gasteiger partial charge in [0, 0.05) is 19.1 Å². The third-order valence-corrected chi connectivity index (χ3v) is 3.69. The Hall–Kier alpha value is -1.43. The van der Waals surface area contributed by atoms with Crippen LogP contribution in [0.2, 0.25) is 0 Å². The minimum absolute atomic E-state index is 0.190. The number of carbonyl (C=O) groups excluding carboxylic acids is 1. The maximum Gasteiger partial charge on any atom is 0.320 e. The first kappa shape index (κ1) is 15.0. The molecule has 2 atom stereocenters. The first-order valence-electron chi connectivity index (χ1n) is 6.87. The number of aliphatic hydroxyl groups is 1. The normalized spacial score (nSPS) is 27.2. The highest BCUT2D eigenvalue weighted by Gasteiger charge is 2.36. The number of esters is 1. The van der Waals surface area contributed by atoms with E-state index in [1.807, 2.05) is 35.2 Å². The predicted octanol–water partition coefficient (Wildman–Crippen LogP) is 0.514. The van der Waals surface area contributed by atoms with E-state index in [1.165, 1.54) is 0 Å². The largest absolute Gasteiger partial charge is 0.460 e. The highest BCUT2D eigenvalue weighted by atomic mass is 16.5. The minimum atomic E-state index is -0.946. The molecular formula is C15H22N2O3. The van der Waals surface area contributed by atoms with Crippen molar-refractivity contribution >= 4 is 5.97 Å². The number of nitrogens with two attached hydrogens (primary N) is 1. The summed E-state index contributed by atoms with van der Waals surface area (Å²) in [6, 6.07) is 9.33. The molecule has 1 aromatic rings. The maximum atomic E-state index is 11.8. The SMILES string of the molecule is C[C@@]1(O)CN(CC(=O)OCc2ccccc2)CC[C@H]1N. The molecule has 110 valence electrons. The minimum Gasteiger partial charge on any atom is -0.460 e. The molecule has 5 nitrogen and oxygen atoms in total. The molecule has 20 heavy (non-hydrogen) atoms. The summed E-state index contributed by atoms with van der Waals surface area (Å²) in [5.74, 6) is -0.278. The van der Waals surface area contributed by atoms with Crippen LogP contribution in [0.4, 0.5) is 0 Å². The van der Waals surface area contributed by atoms with E-state index in [1.54, 1.807) is 6.92 Å². The van der Waals surface area contributed by atoms with Gasteiger partial charge in [0.05, 0.1) is 12.1 Å². The topological polar surface area (TPSA) is 75.8 Å². The fourth-order valence-corrected chi connectivity index (χ4v) is 2.38. The van der Waals surface area contributed by atoms with Gasteiger partial charge in [-0.05, 0) is 18.9 Å². The van der Waals surface area contributed by atoms with Crippen LogP contribution in [0.25, 0.3) is 0 Å². The number of likely N-dealkylation sites (tertiary alicyclic amines) is 1. The van der Waals surface area contributed by atoms with E-state index >= 15 is 0 Å². The summed E-state index contributed by atoms with van der Waals surface area (Å²) in [6.07, 6.45) is 0.680. The molecule has 2 rings (SSSR count). The van der Waals surface area contributed by atoms with Gasteiger partial charge in [-0.2, -0.15) is 0 Å². The van der Waals surface area contributed by atoms with E-state index < -0.39 is 5.60 Å². The molecule has 3 N–H and O–H groups in total. The molecule has 0 spiro atoms. The zero-order valence-corrected chi connectivity index (χ0v) is 11.8. The van der Waals surface area contributed by atoms with Gasteiger partial charge in [-0.25, -0.2) is 0 Å². The predicted molar refractivity (Wildman–Crippen MR) is 75.9 cm³/mol. The van der Waals surface area contributed by atoms with Crippen molar-refractivity contribution in [2.24, 2.45) is 5.73 Å². The number of nitrogens with zero attached hydrogens (tertiary/aromatic N) is 1. The van der Waals surface area contributed by atoms with E-state index in [0.717, 1.165) is 5.56 Å². The van der Waals surface area contributed by atoms with Gasteiger partial charge in [0.1, 0.15) is 6.61 Å². The van der Waals surface area contributed by atoms with Gasteiger partial charge in [0.15, 0.2) is 0 Å². The number of piperidine rings is 1. The quantitative estimate of drug-likeness (QED) is 0.785. The Bertz CT molecular complexity index is 448. The van der Waals surface area contributed by atoms with Crippen molar-refractivity contribution in [1.29, 1.82) is 0 Å². The Kier molecular flexibility index (Phi) is 4.75. The van der Waals surface area contributed by atoms with Crippen molar-refractivity contribution in [3.8, 4) is 0 Å². The second kappa shape index (κ2) is 6.35. The van der Waals surface area contributed by atoms with Gasteiger partial charge >= 0.3 is 5.97 Å². The van der Waals surface area contributed by atoms with Gasteiger partial charge in [-0.15, -0.1) is 0 Å². The molecule has 1 fully saturated rings. The summed E-state index contributed by atoms with van der Waals surface area (Å²) in [5.41, 5.74) is 5.87. The fourth-order valence-electron chi connectivity index (χ4n) is 2.38. The van der Waals surface area contributed by atoms with Crippen molar-refractivity contribution < 1.29 is 14.6 Å². The van der Waals surface area contributed by atoms with Crippen LogP contribution in [0.15, 0.2) is 30.3 Å². The summed E-state index contributed by atoms with van der Waals surface area (Å²) < 4.78 is 5.23. The number of carbonyl (C=O) groups is 1. The average Bonchev–Trinajstić information content (AvgIpc) is 2.41. The Balaban J connectivity index is 1.77. The standard InChI is InChI=1S/C15H22N2O3/c1-15(19)11-17(8-7-13(15)16)9-14(18)20-10-12-5-3-2-4-6-12/h2-6,13,19H,7-11,16H2,1H3/t13-,15-/m1/s1. The lowest BCUT2D eigenvalue weighted by atomic mass is 9.90. The summed E-state index contributed by atoms with van der Waals surface area (Å²) >= 11 is 0. The second-order valence-corrected chi connectivity index (χ2v) is 5.61. The lowest BCUT2D eigenvalue weighted by Gasteiger charge is -2.40. The van der Waals surface area contributed by atoms with Crippen molar-refractivity contribution in [1.82, 2.24) is 4.90 Å². The van der Waals surface area contributed by atoms with Gasteiger partial charge < -0.3 is 15.6 Å². The molecule has 5 heteroatoms. The van der Waals surface area contributed by atoms with Crippen LogP contribution in [0.1, 0.15) is 18.9 Å². The number of β-amino-alcohol motifs (C(OH)–C–C–N with tert-alkyl or cyclic N) is 1. The van der Waals surface area contributed by atoms with Crippen LogP contribution in [0, 0.1) is 0 Å². The molecule has 1 aromatic carbocycles. The van der Waals surface area contributed by atoms with Crippen molar-refractivity contribution in [3.63, 3.8) is 0 Å². The Morgan fingerprint density at radius 1 is 1.50 bits per heavy atom. The van der Waals surface area contributed by atoms with Crippen LogP contribution in [0.5, 0.6) is 0 Å². The molecule has 0 unspecified atom stereocenters. The summed E-state index contributed by atoms with van der Waals surface area (Å²) in [4.78, 5) is 13.7. The maximum absolute atomic E-state index is 11.8. The molecule has 1 aliphatic rings. The van der Waals surface area contributed by atoms with Crippen molar-refractivity contribution in [2.75, 3.05) is 19.6 Å². The molecule has 0 aliphatic carbocycles. The second-order valence-electron chi connectivity index (χ2n) is 5.61. The Labute approximate surface area is 119 Å². The van der Waals surface area contributed by atoms with E-state index in [9.17, 15) is 9.90 Å². The summed E-state index contributed by atoms with van der Waals surface area (Å²) in [6.45, 7) is 3.28. The molecule has 1 saturated heterocycles. The van der Waals surface area contributed by atoms with Crippen LogP contribution < -0.4 is 5.73 Å². The molecule has 1 aliphatic heterocycles. The Morgan fingerprint density at radius 2 is 2.20 bits per heavy atom. The third-order valence-electron chi connectivity index (χ3n) is 3.69. The van der Waals surface area contributed by atoms with Gasteiger partial charge in [-0.3, -0.25) is 9.69 Å². The van der Waals surface area contributed by atoms with Crippen molar-refractivity contribution in [3.05, 3.63) is 35.9 Å². The molecule has 1 heterocycles. The van der Waals surface area contributed by atoms with Crippen LogP contribution in [-0.4, -0.2) is 47.3 Å². The average molecular weight is 278 g/mol. The van der Waals surface area contributed by atoms with E-state index in [2.05, 4.69) is 0 Å². The van der Waals surface area contributed by atoms with Gasteiger partial charge in [0.2, 0.25) is 0 Å². The zero-order chi connectivity index (χ0) is 14.6. The number of benzene rings is 1. The fraction of sp³-hybridized carbons (Fsp3) is 0.533. The molecule has 0 bridgehead atoms. The molecule has 0 amide bonds. The van der Waals surface area contributed by atoms with Crippen molar-refractivity contribution in [2.45, 2.75) is 31.6 Å². The number of hydrogen-bond acceptors (Lipinski definition) is 5. The van der Waals surface area contributed by atoms with Crippen LogP contribution in [-0.2, 0) is 16.1 Å².